The number of benzene rings is 1. The summed E-state index contributed by atoms with van der Waals surface area (Å²) in [6.07, 6.45) is 1.51. The molecular weight excluding hydrogens is 361 g/mol. The van der Waals surface area contributed by atoms with Gasteiger partial charge in [-0.1, -0.05) is 0 Å². The quantitative estimate of drug-likeness (QED) is 0.696. The third kappa shape index (κ3) is 4.64. The molecule has 0 spiro atoms. The second kappa shape index (κ2) is 7.75. The molecular formula is C14H19ClFN3O4S. The zero-order valence-corrected chi connectivity index (χ0v) is 14.4. The minimum atomic E-state index is -3.93. The highest BCUT2D eigenvalue weighted by molar-refractivity contribution is 7.89. The van der Waals surface area contributed by atoms with Crippen LogP contribution in [0.15, 0.2) is 23.1 Å². The number of sulfonamides is 1. The van der Waals surface area contributed by atoms with Crippen molar-refractivity contribution in [2.75, 3.05) is 25.1 Å². The van der Waals surface area contributed by atoms with Crippen molar-refractivity contribution >= 4 is 34.0 Å². The molecule has 10 heteroatoms. The van der Waals surface area contributed by atoms with Crippen molar-refractivity contribution in [3.05, 3.63) is 24.0 Å². The molecule has 1 saturated carbocycles. The van der Waals surface area contributed by atoms with Crippen LogP contribution in [-0.2, 0) is 19.6 Å². The number of rotatable bonds is 5. The molecule has 1 aliphatic heterocycles. The van der Waals surface area contributed by atoms with Crippen LogP contribution in [0.2, 0.25) is 0 Å². The fourth-order valence-corrected chi connectivity index (χ4v) is 3.64. The van der Waals surface area contributed by atoms with E-state index >= 15 is 0 Å². The molecule has 1 saturated heterocycles. The van der Waals surface area contributed by atoms with Crippen molar-refractivity contribution in [3.63, 3.8) is 0 Å². The lowest BCUT2D eigenvalue weighted by Crippen LogP contribution is -2.48. The predicted octanol–water partition coefficient (Wildman–Crippen LogP) is 0.615. The fraction of sp³-hybridized carbons (Fsp3) is 0.500. The highest BCUT2D eigenvalue weighted by Gasteiger charge is 2.30. The number of nitrogens with one attached hydrogen (secondary N) is 3. The van der Waals surface area contributed by atoms with Gasteiger partial charge in [-0.25, -0.2) is 17.5 Å². The van der Waals surface area contributed by atoms with Crippen molar-refractivity contribution in [1.82, 2.24) is 10.0 Å². The van der Waals surface area contributed by atoms with Crippen molar-refractivity contribution in [2.45, 2.75) is 29.8 Å². The number of carbonyl (C=O) groups is 1. The van der Waals surface area contributed by atoms with Gasteiger partial charge in [0.2, 0.25) is 15.9 Å². The lowest BCUT2D eigenvalue weighted by Gasteiger charge is -2.23. The van der Waals surface area contributed by atoms with Crippen molar-refractivity contribution in [1.29, 1.82) is 0 Å². The molecule has 7 nitrogen and oxygen atoms in total. The molecule has 1 aromatic carbocycles. The van der Waals surface area contributed by atoms with Gasteiger partial charge in [0, 0.05) is 18.3 Å². The van der Waals surface area contributed by atoms with E-state index in [9.17, 15) is 17.6 Å². The van der Waals surface area contributed by atoms with E-state index in [4.69, 9.17) is 4.74 Å². The maximum Gasteiger partial charge on any atom is 0.243 e. The Labute approximate surface area is 145 Å². The molecule has 1 aromatic rings. The van der Waals surface area contributed by atoms with Crippen molar-refractivity contribution < 1.29 is 22.3 Å². The van der Waals surface area contributed by atoms with E-state index in [1.54, 1.807) is 0 Å². The van der Waals surface area contributed by atoms with E-state index in [0.717, 1.165) is 25.0 Å². The first-order chi connectivity index (χ1) is 11.0. The first-order valence-corrected chi connectivity index (χ1v) is 8.88. The second-order valence-electron chi connectivity index (χ2n) is 5.61. The van der Waals surface area contributed by atoms with Gasteiger partial charge in [0.25, 0.3) is 0 Å². The van der Waals surface area contributed by atoms with Gasteiger partial charge in [-0.15, -0.1) is 12.4 Å². The molecule has 0 bridgehead atoms. The van der Waals surface area contributed by atoms with Crippen molar-refractivity contribution in [2.24, 2.45) is 0 Å². The van der Waals surface area contributed by atoms with Gasteiger partial charge >= 0.3 is 0 Å². The predicted molar refractivity (Wildman–Crippen MR) is 88.2 cm³/mol. The Kier molecular flexibility index (Phi) is 6.16. The average Bonchev–Trinajstić information content (AvgIpc) is 3.33. The number of halogens is 2. The molecule has 24 heavy (non-hydrogen) atoms. The summed E-state index contributed by atoms with van der Waals surface area (Å²) in [6, 6.07) is 2.84. The van der Waals surface area contributed by atoms with Crippen LogP contribution in [0.3, 0.4) is 0 Å². The molecule has 2 aliphatic rings. The van der Waals surface area contributed by atoms with Crippen LogP contribution in [-0.4, -0.2) is 46.2 Å². The van der Waals surface area contributed by atoms with E-state index in [1.165, 1.54) is 6.07 Å². The minimum absolute atomic E-state index is 0. The molecule has 134 valence electrons. The second-order valence-corrected chi connectivity index (χ2v) is 7.29. The molecule has 0 radical (unpaired) electrons. The lowest BCUT2D eigenvalue weighted by atomic mass is 10.2. The SMILES string of the molecule is Cl.O=C(Nc1ccc(F)c(S(=O)(=O)NC2CC2)c1)C1COCCN1. The molecule has 1 amide bonds. The third-order valence-corrected chi connectivity index (χ3v) is 5.16. The van der Waals surface area contributed by atoms with E-state index in [2.05, 4.69) is 15.4 Å². The maximum absolute atomic E-state index is 13.9. The summed E-state index contributed by atoms with van der Waals surface area (Å²) in [6.45, 7) is 1.34. The Bertz CT molecular complexity index is 706. The highest BCUT2D eigenvalue weighted by Crippen LogP contribution is 2.25. The summed E-state index contributed by atoms with van der Waals surface area (Å²) in [7, 11) is -3.93. The molecule has 1 unspecified atom stereocenters. The van der Waals surface area contributed by atoms with Crippen LogP contribution >= 0.6 is 12.4 Å². The average molecular weight is 380 g/mol. The topological polar surface area (TPSA) is 96.5 Å². The summed E-state index contributed by atoms with van der Waals surface area (Å²) in [5.74, 6) is -1.20. The van der Waals surface area contributed by atoms with E-state index in [0.29, 0.717) is 13.2 Å². The lowest BCUT2D eigenvalue weighted by molar-refractivity contribution is -0.120. The normalized spacial score (nSPS) is 21.0. The van der Waals surface area contributed by atoms with Gasteiger partial charge in [0.15, 0.2) is 0 Å². The molecule has 1 aliphatic carbocycles. The van der Waals surface area contributed by atoms with Crippen LogP contribution in [0.1, 0.15) is 12.8 Å². The molecule has 0 aromatic heterocycles. The number of hydrogen-bond donors (Lipinski definition) is 3. The summed E-state index contributed by atoms with van der Waals surface area (Å²) >= 11 is 0. The van der Waals surface area contributed by atoms with Crippen LogP contribution in [0.25, 0.3) is 0 Å². The van der Waals surface area contributed by atoms with E-state index in [1.807, 2.05) is 0 Å². The number of amides is 1. The zero-order valence-electron chi connectivity index (χ0n) is 12.7. The Morgan fingerprint density at radius 1 is 1.33 bits per heavy atom. The van der Waals surface area contributed by atoms with Gasteiger partial charge in [0.1, 0.15) is 16.8 Å². The summed E-state index contributed by atoms with van der Waals surface area (Å²) in [5, 5.41) is 5.57. The largest absolute Gasteiger partial charge is 0.378 e. The monoisotopic (exact) mass is 379 g/mol. The third-order valence-electron chi connectivity index (χ3n) is 3.63. The Morgan fingerprint density at radius 3 is 2.71 bits per heavy atom. The maximum atomic E-state index is 13.9. The Morgan fingerprint density at radius 2 is 2.08 bits per heavy atom. The number of hydrogen-bond acceptors (Lipinski definition) is 5. The number of anilines is 1. The van der Waals surface area contributed by atoms with Crippen LogP contribution in [0.4, 0.5) is 10.1 Å². The van der Waals surface area contributed by atoms with Gasteiger partial charge in [-0.2, -0.15) is 0 Å². The zero-order chi connectivity index (χ0) is 16.4. The number of carbonyl (C=O) groups excluding carboxylic acids is 1. The number of morpholine rings is 1. The molecule has 3 rings (SSSR count). The van der Waals surface area contributed by atoms with Crippen LogP contribution < -0.4 is 15.4 Å². The van der Waals surface area contributed by atoms with Gasteiger partial charge in [-0.05, 0) is 31.0 Å². The molecule has 1 heterocycles. The van der Waals surface area contributed by atoms with Crippen LogP contribution in [0, 0.1) is 5.82 Å². The first kappa shape index (κ1) is 19.1. The van der Waals surface area contributed by atoms with Gasteiger partial charge in [-0.3, -0.25) is 4.79 Å². The fourth-order valence-electron chi connectivity index (χ4n) is 2.23. The Balaban J connectivity index is 0.00000208. The van der Waals surface area contributed by atoms with Crippen molar-refractivity contribution in [3.8, 4) is 0 Å². The van der Waals surface area contributed by atoms with Gasteiger partial charge in [0.05, 0.1) is 13.2 Å². The Hall–Kier alpha value is -1.26. The van der Waals surface area contributed by atoms with Gasteiger partial charge < -0.3 is 15.4 Å². The summed E-state index contributed by atoms with van der Waals surface area (Å²) < 4.78 is 45.8. The smallest absolute Gasteiger partial charge is 0.243 e. The standard InChI is InChI=1S/C14H18FN3O4S.ClH/c15-11-4-3-10(17-14(19)12-8-22-6-5-16-12)7-13(11)23(20,21)18-9-1-2-9;/h3-4,7,9,12,16,18H,1-2,5-6,8H2,(H,17,19);1H. The molecule has 1 atom stereocenters. The first-order valence-electron chi connectivity index (χ1n) is 7.39. The highest BCUT2D eigenvalue weighted by atomic mass is 35.5. The molecule has 3 N–H and O–H groups in total. The van der Waals surface area contributed by atoms with Crippen LogP contribution in [0.5, 0.6) is 0 Å². The number of ether oxygens (including phenoxy) is 1. The van der Waals surface area contributed by atoms with E-state index < -0.39 is 26.8 Å². The summed E-state index contributed by atoms with van der Waals surface area (Å²) in [4.78, 5) is 11.6. The molecule has 2 fully saturated rings. The summed E-state index contributed by atoms with van der Waals surface area (Å²) in [5.41, 5.74) is 0.222. The minimum Gasteiger partial charge on any atom is -0.378 e. The van der Waals surface area contributed by atoms with E-state index in [-0.39, 0.29) is 36.7 Å².